The number of halogens is 3. The first kappa shape index (κ1) is 23.9. The Labute approximate surface area is 213 Å². The number of aryl methyl sites for hydroxylation is 1. The lowest BCUT2D eigenvalue weighted by Gasteiger charge is -2.09. The van der Waals surface area contributed by atoms with Crippen LogP contribution in [0.2, 0.25) is 0 Å². The first-order valence-electron chi connectivity index (χ1n) is 12.2. The first-order chi connectivity index (χ1) is 18.2. The monoisotopic (exact) mass is 521 g/mol. The van der Waals surface area contributed by atoms with Gasteiger partial charge in [-0.1, -0.05) is 19.1 Å². The van der Waals surface area contributed by atoms with Crippen LogP contribution in [0.1, 0.15) is 37.8 Å². The number of nitrogens with zero attached hydrogens (tertiary/aromatic N) is 6. The lowest BCUT2D eigenvalue weighted by atomic mass is 10.1. The lowest BCUT2D eigenvalue weighted by molar-refractivity contribution is -0.137. The van der Waals surface area contributed by atoms with E-state index in [-0.39, 0.29) is 22.8 Å². The molecular weight excluding hydrogens is 499 g/mol. The Hall–Kier alpha value is -4.48. The van der Waals surface area contributed by atoms with Crippen molar-refractivity contribution in [1.29, 1.82) is 0 Å². The van der Waals surface area contributed by atoms with Crippen molar-refractivity contribution in [1.82, 2.24) is 33.9 Å². The molecule has 1 aliphatic carbocycles. The second-order valence-corrected chi connectivity index (χ2v) is 9.28. The van der Waals surface area contributed by atoms with Crippen molar-refractivity contribution in [3.8, 4) is 28.3 Å². The number of benzene rings is 1. The summed E-state index contributed by atoms with van der Waals surface area (Å²) in [6.45, 7) is 2.41. The molecule has 4 aromatic heterocycles. The second-order valence-electron chi connectivity index (χ2n) is 9.28. The summed E-state index contributed by atoms with van der Waals surface area (Å²) >= 11 is 0. The highest BCUT2D eigenvalue weighted by molar-refractivity contribution is 5.75. The fourth-order valence-electron chi connectivity index (χ4n) is 4.46. The number of alkyl halides is 3. The van der Waals surface area contributed by atoms with Crippen LogP contribution in [0.15, 0.2) is 64.6 Å². The van der Waals surface area contributed by atoms with Crippen LogP contribution in [-0.2, 0) is 12.7 Å². The lowest BCUT2D eigenvalue weighted by Crippen LogP contribution is -2.39. The standard InChI is InChI=1S/C26H22F3N7O2/c1-2-11-34-23-21(24(37)36(25(34)38)19-8-9-19)32-22(33-23)16-5-10-20(30-12-16)35-14-17(13-31-35)15-3-6-18(7-4-15)26(27,28)29/h3-7,10,12-14,19H,2,8-9,11H2,1H3,(H,32,33). The van der Waals surface area contributed by atoms with Gasteiger partial charge in [-0.05, 0) is 49.1 Å². The number of H-pyrrole nitrogens is 1. The zero-order chi connectivity index (χ0) is 26.6. The maximum absolute atomic E-state index is 13.1. The van der Waals surface area contributed by atoms with Crippen LogP contribution < -0.4 is 11.2 Å². The molecule has 1 saturated carbocycles. The van der Waals surface area contributed by atoms with Crippen LogP contribution in [-0.4, -0.2) is 33.9 Å². The SMILES string of the molecule is CCCn1c(=O)n(C2CC2)c(=O)c2[nH]c(-c3ccc(-n4cc(-c5ccc(C(F)(F)F)cc5)cn4)nc3)nc21. The largest absolute Gasteiger partial charge is 0.416 e. The molecule has 1 fully saturated rings. The van der Waals surface area contributed by atoms with E-state index in [4.69, 9.17) is 0 Å². The van der Waals surface area contributed by atoms with E-state index >= 15 is 0 Å². The maximum atomic E-state index is 13.1. The van der Waals surface area contributed by atoms with Crippen molar-refractivity contribution in [2.24, 2.45) is 0 Å². The van der Waals surface area contributed by atoms with Crippen LogP contribution in [0.3, 0.4) is 0 Å². The summed E-state index contributed by atoms with van der Waals surface area (Å²) in [7, 11) is 0. The third-order valence-electron chi connectivity index (χ3n) is 6.55. The highest BCUT2D eigenvalue weighted by Gasteiger charge is 2.31. The Kier molecular flexibility index (Phi) is 5.55. The molecule has 9 nitrogen and oxygen atoms in total. The molecule has 5 aromatic rings. The number of imidazole rings is 1. The van der Waals surface area contributed by atoms with Gasteiger partial charge in [0, 0.05) is 36.1 Å². The second kappa shape index (κ2) is 8.82. The van der Waals surface area contributed by atoms with Gasteiger partial charge in [-0.15, -0.1) is 0 Å². The van der Waals surface area contributed by atoms with Crippen molar-refractivity contribution in [2.45, 2.75) is 44.9 Å². The van der Waals surface area contributed by atoms with E-state index in [9.17, 15) is 22.8 Å². The maximum Gasteiger partial charge on any atom is 0.416 e. The highest BCUT2D eigenvalue weighted by atomic mass is 19.4. The van der Waals surface area contributed by atoms with Crippen molar-refractivity contribution >= 4 is 11.2 Å². The van der Waals surface area contributed by atoms with E-state index in [1.165, 1.54) is 21.4 Å². The van der Waals surface area contributed by atoms with E-state index < -0.39 is 11.7 Å². The number of aromatic nitrogens is 7. The van der Waals surface area contributed by atoms with Crippen molar-refractivity contribution < 1.29 is 13.2 Å². The number of pyridine rings is 1. The summed E-state index contributed by atoms with van der Waals surface area (Å²) in [5.74, 6) is 0.905. The molecule has 0 aliphatic heterocycles. The molecule has 0 amide bonds. The Morgan fingerprint density at radius 3 is 2.37 bits per heavy atom. The molecule has 6 rings (SSSR count). The molecule has 38 heavy (non-hydrogen) atoms. The van der Waals surface area contributed by atoms with Gasteiger partial charge in [-0.3, -0.25) is 13.9 Å². The Balaban J connectivity index is 1.31. The molecule has 0 spiro atoms. The predicted octanol–water partition coefficient (Wildman–Crippen LogP) is 4.56. The minimum atomic E-state index is -4.39. The quantitative estimate of drug-likeness (QED) is 0.353. The van der Waals surface area contributed by atoms with Crippen LogP contribution in [0.5, 0.6) is 0 Å². The number of hydrogen-bond donors (Lipinski definition) is 1. The van der Waals surface area contributed by atoms with Gasteiger partial charge in [0.15, 0.2) is 11.5 Å². The van der Waals surface area contributed by atoms with Gasteiger partial charge in [0.05, 0.1) is 11.8 Å². The highest BCUT2D eigenvalue weighted by Crippen LogP contribution is 2.33. The Morgan fingerprint density at radius 2 is 1.74 bits per heavy atom. The van der Waals surface area contributed by atoms with E-state index in [1.54, 1.807) is 35.3 Å². The average molecular weight is 522 g/mol. The predicted molar refractivity (Wildman–Crippen MR) is 134 cm³/mol. The fraction of sp³-hybridized carbons (Fsp3) is 0.269. The number of rotatable bonds is 6. The molecular formula is C26H22F3N7O2. The van der Waals surface area contributed by atoms with Gasteiger partial charge in [0.1, 0.15) is 11.3 Å². The zero-order valence-electron chi connectivity index (χ0n) is 20.2. The van der Waals surface area contributed by atoms with E-state index in [0.29, 0.717) is 46.9 Å². The third kappa shape index (κ3) is 4.11. The van der Waals surface area contributed by atoms with Crippen molar-refractivity contribution in [3.05, 3.63) is 81.4 Å². The average Bonchev–Trinajstić information content (AvgIpc) is 3.43. The van der Waals surface area contributed by atoms with Gasteiger partial charge in [-0.25, -0.2) is 19.4 Å². The van der Waals surface area contributed by atoms with Gasteiger partial charge in [0.2, 0.25) is 0 Å². The fourth-order valence-corrected chi connectivity index (χ4v) is 4.46. The van der Waals surface area contributed by atoms with E-state index in [2.05, 4.69) is 20.1 Å². The molecule has 194 valence electrons. The third-order valence-corrected chi connectivity index (χ3v) is 6.55. The van der Waals surface area contributed by atoms with Crippen molar-refractivity contribution in [3.63, 3.8) is 0 Å². The van der Waals surface area contributed by atoms with Crippen LogP contribution >= 0.6 is 0 Å². The van der Waals surface area contributed by atoms with E-state index in [0.717, 1.165) is 25.0 Å². The summed E-state index contributed by atoms with van der Waals surface area (Å²) in [4.78, 5) is 38.1. The molecule has 0 bridgehead atoms. The minimum Gasteiger partial charge on any atom is -0.332 e. The van der Waals surface area contributed by atoms with Gasteiger partial charge in [0.25, 0.3) is 5.56 Å². The molecule has 4 heterocycles. The van der Waals surface area contributed by atoms with Crippen LogP contribution in [0, 0.1) is 0 Å². The summed E-state index contributed by atoms with van der Waals surface area (Å²) in [6, 6.07) is 8.29. The normalized spacial score (nSPS) is 13.9. The molecule has 0 unspecified atom stereocenters. The topological polar surface area (TPSA) is 103 Å². The van der Waals surface area contributed by atoms with Crippen molar-refractivity contribution in [2.75, 3.05) is 0 Å². The van der Waals surface area contributed by atoms with Gasteiger partial charge < -0.3 is 4.98 Å². The van der Waals surface area contributed by atoms with Gasteiger partial charge >= 0.3 is 11.9 Å². The number of hydrogen-bond acceptors (Lipinski definition) is 5. The zero-order valence-corrected chi connectivity index (χ0v) is 20.2. The summed E-state index contributed by atoms with van der Waals surface area (Å²) in [5, 5.41) is 4.28. The first-order valence-corrected chi connectivity index (χ1v) is 12.2. The molecule has 0 atom stereocenters. The van der Waals surface area contributed by atoms with Gasteiger partial charge in [-0.2, -0.15) is 18.3 Å². The van der Waals surface area contributed by atoms with Crippen LogP contribution in [0.4, 0.5) is 13.2 Å². The number of fused-ring (bicyclic) bond motifs is 1. The minimum absolute atomic E-state index is 0.0586. The Morgan fingerprint density at radius 1 is 1.00 bits per heavy atom. The summed E-state index contributed by atoms with van der Waals surface area (Å²) in [6.07, 6.45) is 2.75. The number of aromatic amines is 1. The van der Waals surface area contributed by atoms with Crippen LogP contribution in [0.25, 0.3) is 39.5 Å². The number of nitrogens with one attached hydrogen (secondary N) is 1. The van der Waals surface area contributed by atoms with E-state index in [1.807, 2.05) is 6.92 Å². The molecule has 1 aliphatic rings. The summed E-state index contributed by atoms with van der Waals surface area (Å²) in [5.41, 5.74) is 1.06. The summed E-state index contributed by atoms with van der Waals surface area (Å²) < 4.78 is 42.9. The molecule has 1 aromatic carbocycles. The molecule has 12 heteroatoms. The molecule has 0 saturated heterocycles. The smallest absolute Gasteiger partial charge is 0.332 e. The Bertz CT molecular complexity index is 1760. The molecule has 0 radical (unpaired) electrons. The molecule has 1 N–H and O–H groups in total.